The van der Waals surface area contributed by atoms with Crippen LogP contribution in [0.4, 0.5) is 0 Å². The fourth-order valence-corrected chi connectivity index (χ4v) is 4.36. The van der Waals surface area contributed by atoms with Crippen LogP contribution in [0, 0.1) is 20.8 Å². The molecular formula is C22H30N2. The van der Waals surface area contributed by atoms with Crippen molar-refractivity contribution in [2.45, 2.75) is 66.7 Å². The van der Waals surface area contributed by atoms with Crippen LogP contribution < -0.4 is 10.7 Å². The van der Waals surface area contributed by atoms with Crippen LogP contribution in [0.3, 0.4) is 0 Å². The van der Waals surface area contributed by atoms with E-state index in [0.717, 1.165) is 31.0 Å². The summed E-state index contributed by atoms with van der Waals surface area (Å²) in [4.78, 5) is 7.19. The molecule has 2 N–H and O–H groups in total. The number of aryl methyl sites for hydroxylation is 1. The molecule has 1 aliphatic rings. The summed E-state index contributed by atoms with van der Waals surface area (Å²) in [5, 5.41) is 2.38. The van der Waals surface area contributed by atoms with E-state index in [2.05, 4.69) is 57.2 Å². The zero-order valence-electron chi connectivity index (χ0n) is 15.8. The van der Waals surface area contributed by atoms with Gasteiger partial charge >= 0.3 is 0 Å². The van der Waals surface area contributed by atoms with Crippen LogP contribution in [0.2, 0.25) is 0 Å². The molecule has 0 aromatic carbocycles. The molecule has 1 aliphatic carbocycles. The molecule has 0 amide bonds. The lowest BCUT2D eigenvalue weighted by Crippen LogP contribution is -2.15. The molecule has 128 valence electrons. The summed E-state index contributed by atoms with van der Waals surface area (Å²) >= 11 is 0. The normalized spacial score (nSPS) is 17.3. The van der Waals surface area contributed by atoms with Crippen LogP contribution in [-0.2, 0) is 12.8 Å². The zero-order valence-corrected chi connectivity index (χ0v) is 15.8. The topological polar surface area (TPSA) is 31.6 Å². The van der Waals surface area contributed by atoms with Gasteiger partial charge in [0.25, 0.3) is 0 Å². The fourth-order valence-electron chi connectivity index (χ4n) is 4.36. The first-order chi connectivity index (χ1) is 11.5. The molecule has 0 aliphatic heterocycles. The van der Waals surface area contributed by atoms with Crippen LogP contribution in [0.15, 0.2) is 6.08 Å². The van der Waals surface area contributed by atoms with E-state index in [-0.39, 0.29) is 0 Å². The maximum absolute atomic E-state index is 4.19. The number of aromatic nitrogens is 2. The lowest BCUT2D eigenvalue weighted by atomic mass is 9.90. The van der Waals surface area contributed by atoms with Gasteiger partial charge < -0.3 is 9.97 Å². The van der Waals surface area contributed by atoms with E-state index >= 15 is 0 Å². The Morgan fingerprint density at radius 2 is 1.67 bits per heavy atom. The van der Waals surface area contributed by atoms with Gasteiger partial charge in [0.1, 0.15) is 0 Å². The second kappa shape index (κ2) is 6.51. The first kappa shape index (κ1) is 16.9. The number of hydrogen-bond acceptors (Lipinski definition) is 0. The van der Waals surface area contributed by atoms with Crippen molar-refractivity contribution in [1.29, 1.82) is 0 Å². The fraction of sp³-hybridized carbons (Fsp3) is 0.455. The SMILES string of the molecule is C=c1[nH]c(=C2C=C(c3[nH]c(C)c(CC)c3C)CCC2)c(C)c1CC. The highest BCUT2D eigenvalue weighted by molar-refractivity contribution is 5.79. The number of allylic oxidation sites excluding steroid dienone is 2. The van der Waals surface area contributed by atoms with Gasteiger partial charge in [-0.3, -0.25) is 0 Å². The number of H-pyrrole nitrogens is 2. The summed E-state index contributed by atoms with van der Waals surface area (Å²) in [6.45, 7) is 15.3. The Balaban J connectivity index is 2.16. The average Bonchev–Trinajstić information content (AvgIpc) is 3.03. The van der Waals surface area contributed by atoms with Gasteiger partial charge in [0.15, 0.2) is 0 Å². The van der Waals surface area contributed by atoms with Crippen LogP contribution in [-0.4, -0.2) is 9.97 Å². The maximum Gasteiger partial charge on any atom is 0.0450 e. The predicted molar refractivity (Wildman–Crippen MR) is 105 cm³/mol. The van der Waals surface area contributed by atoms with Crippen LogP contribution in [0.1, 0.15) is 66.8 Å². The summed E-state index contributed by atoms with van der Waals surface area (Å²) in [6, 6.07) is 0. The second-order valence-corrected chi connectivity index (χ2v) is 7.07. The molecule has 2 nitrogen and oxygen atoms in total. The molecule has 2 heteroatoms. The quantitative estimate of drug-likeness (QED) is 0.848. The molecule has 0 saturated carbocycles. The highest BCUT2D eigenvalue weighted by Gasteiger charge is 2.17. The highest BCUT2D eigenvalue weighted by Crippen LogP contribution is 2.33. The summed E-state index contributed by atoms with van der Waals surface area (Å²) in [7, 11) is 0. The number of rotatable bonds is 3. The molecule has 2 heterocycles. The Bertz CT molecular complexity index is 903. The van der Waals surface area contributed by atoms with E-state index < -0.39 is 0 Å². The molecule has 0 radical (unpaired) electrons. The lowest BCUT2D eigenvalue weighted by Gasteiger charge is -2.15. The van der Waals surface area contributed by atoms with Crippen LogP contribution >= 0.6 is 0 Å². The number of aromatic amines is 2. The van der Waals surface area contributed by atoms with Crippen molar-refractivity contribution < 1.29 is 0 Å². The molecule has 0 saturated heterocycles. The van der Waals surface area contributed by atoms with E-state index in [0.29, 0.717) is 0 Å². The largest absolute Gasteiger partial charge is 0.358 e. The minimum Gasteiger partial charge on any atom is -0.358 e. The van der Waals surface area contributed by atoms with E-state index in [1.54, 1.807) is 0 Å². The second-order valence-electron chi connectivity index (χ2n) is 7.07. The summed E-state index contributed by atoms with van der Waals surface area (Å²) in [6.07, 6.45) is 8.07. The van der Waals surface area contributed by atoms with Gasteiger partial charge in [-0.2, -0.15) is 0 Å². The van der Waals surface area contributed by atoms with Crippen molar-refractivity contribution in [2.24, 2.45) is 0 Å². The molecule has 0 fully saturated rings. The molecule has 0 atom stereocenters. The van der Waals surface area contributed by atoms with Gasteiger partial charge in [0, 0.05) is 22.1 Å². The van der Waals surface area contributed by atoms with Gasteiger partial charge in [-0.25, -0.2) is 0 Å². The Kier molecular flexibility index (Phi) is 4.58. The van der Waals surface area contributed by atoms with E-state index in [1.807, 2.05) is 0 Å². The van der Waals surface area contributed by atoms with Crippen molar-refractivity contribution in [3.63, 3.8) is 0 Å². The van der Waals surface area contributed by atoms with Gasteiger partial charge in [0.2, 0.25) is 0 Å². The van der Waals surface area contributed by atoms with Crippen molar-refractivity contribution in [1.82, 2.24) is 9.97 Å². The third-order valence-corrected chi connectivity index (χ3v) is 5.65. The van der Waals surface area contributed by atoms with Crippen molar-refractivity contribution >= 4 is 17.7 Å². The van der Waals surface area contributed by atoms with E-state index in [4.69, 9.17) is 0 Å². The molecule has 0 spiro atoms. The third-order valence-electron chi connectivity index (χ3n) is 5.65. The molecule has 2 aromatic rings. The van der Waals surface area contributed by atoms with Gasteiger partial charge in [-0.15, -0.1) is 0 Å². The molecule has 0 unspecified atom stereocenters. The predicted octanol–water partition coefficient (Wildman–Crippen LogP) is 4.22. The minimum absolute atomic E-state index is 1.04. The summed E-state index contributed by atoms with van der Waals surface area (Å²) in [5.74, 6) is 0. The first-order valence-corrected chi connectivity index (χ1v) is 9.26. The van der Waals surface area contributed by atoms with Crippen LogP contribution in [0.5, 0.6) is 0 Å². The van der Waals surface area contributed by atoms with E-state index in [1.165, 1.54) is 56.6 Å². The van der Waals surface area contributed by atoms with Crippen LogP contribution in [0.25, 0.3) is 17.7 Å². The summed E-state index contributed by atoms with van der Waals surface area (Å²) < 4.78 is 0. The lowest BCUT2D eigenvalue weighted by molar-refractivity contribution is 0.865. The molecule has 24 heavy (non-hydrogen) atoms. The van der Waals surface area contributed by atoms with Crippen molar-refractivity contribution in [2.75, 3.05) is 0 Å². The van der Waals surface area contributed by atoms with Gasteiger partial charge in [-0.05, 0) is 86.3 Å². The standard InChI is InChI=1S/C22H30N2/c1-7-19-13(3)21(23-15(19)5)17-10-9-11-18(12-17)22-14(4)20(8-2)16(6)24-22/h12,23-24H,5,7-11H2,1-4,6H3. The maximum atomic E-state index is 4.19. The first-order valence-electron chi connectivity index (χ1n) is 9.26. The summed E-state index contributed by atoms with van der Waals surface area (Å²) in [5.41, 5.74) is 11.2. The Labute approximate surface area is 145 Å². The number of nitrogens with one attached hydrogen (secondary N) is 2. The van der Waals surface area contributed by atoms with Gasteiger partial charge in [-0.1, -0.05) is 26.5 Å². The minimum atomic E-state index is 1.04. The zero-order chi connectivity index (χ0) is 17.4. The monoisotopic (exact) mass is 322 g/mol. The molecule has 0 bridgehead atoms. The Hall–Kier alpha value is -1.96. The van der Waals surface area contributed by atoms with E-state index in [9.17, 15) is 0 Å². The van der Waals surface area contributed by atoms with Gasteiger partial charge in [0.05, 0.1) is 0 Å². The molecular weight excluding hydrogens is 292 g/mol. The Morgan fingerprint density at radius 1 is 0.958 bits per heavy atom. The molecule has 2 aromatic heterocycles. The van der Waals surface area contributed by atoms with Crippen molar-refractivity contribution in [3.8, 4) is 0 Å². The molecule has 3 rings (SSSR count). The smallest absolute Gasteiger partial charge is 0.0450 e. The highest BCUT2D eigenvalue weighted by atomic mass is 14.7. The van der Waals surface area contributed by atoms with Crippen molar-refractivity contribution in [3.05, 3.63) is 50.4 Å². The average molecular weight is 322 g/mol. The third kappa shape index (κ3) is 2.68. The Morgan fingerprint density at radius 3 is 2.25 bits per heavy atom. The number of hydrogen-bond donors (Lipinski definition) is 2.